The predicted molar refractivity (Wildman–Crippen MR) is 124 cm³/mol. The molecule has 30 heavy (non-hydrogen) atoms. The van der Waals surface area contributed by atoms with Gasteiger partial charge in [0.2, 0.25) is 5.95 Å². The number of carbonyl (C=O) groups is 1. The lowest BCUT2D eigenvalue weighted by Crippen LogP contribution is -2.42. The van der Waals surface area contributed by atoms with Gasteiger partial charge in [-0.3, -0.25) is 0 Å². The fraction of sp³-hybridized carbons (Fsp3) is 0.450. The van der Waals surface area contributed by atoms with E-state index in [2.05, 4.69) is 25.9 Å². The van der Waals surface area contributed by atoms with Crippen LogP contribution in [0.15, 0.2) is 18.3 Å². The zero-order chi connectivity index (χ0) is 21.8. The Balaban J connectivity index is 1.50. The van der Waals surface area contributed by atoms with Crippen LogP contribution in [0.2, 0.25) is 15.1 Å². The second kappa shape index (κ2) is 9.90. The van der Waals surface area contributed by atoms with Gasteiger partial charge in [-0.1, -0.05) is 34.8 Å². The van der Waals surface area contributed by atoms with E-state index in [1.165, 1.54) is 12.1 Å². The van der Waals surface area contributed by atoms with Crippen LogP contribution < -0.4 is 20.9 Å². The van der Waals surface area contributed by atoms with Crippen LogP contribution in [0, 0.1) is 6.92 Å². The first-order valence-electron chi connectivity index (χ1n) is 9.72. The SMILES string of the molecule is Cc1cnc(N[C@H]2CC[C@@H](NC(=O)Nc3c(Cl)cc(Cl)cc3Cl)CC2)nc1N(C)C. The highest BCUT2D eigenvalue weighted by Gasteiger charge is 2.23. The number of benzene rings is 1. The third kappa shape index (κ3) is 5.80. The van der Waals surface area contributed by atoms with Crippen molar-refractivity contribution in [1.82, 2.24) is 15.3 Å². The average Bonchev–Trinajstić information content (AvgIpc) is 2.67. The van der Waals surface area contributed by atoms with Crippen LogP contribution >= 0.6 is 34.8 Å². The first-order chi connectivity index (χ1) is 14.2. The monoisotopic (exact) mass is 470 g/mol. The van der Waals surface area contributed by atoms with Crippen LogP contribution in [0.1, 0.15) is 31.2 Å². The third-order valence-electron chi connectivity index (χ3n) is 5.01. The number of anilines is 3. The number of amides is 2. The van der Waals surface area contributed by atoms with Gasteiger partial charge in [-0.15, -0.1) is 0 Å². The number of nitrogens with one attached hydrogen (secondary N) is 3. The Morgan fingerprint density at radius 1 is 1.07 bits per heavy atom. The number of aryl methyl sites for hydroxylation is 1. The van der Waals surface area contributed by atoms with E-state index in [9.17, 15) is 4.79 Å². The Hall–Kier alpha value is -1.96. The molecule has 1 aromatic carbocycles. The molecule has 0 unspecified atom stereocenters. The first-order valence-corrected chi connectivity index (χ1v) is 10.9. The van der Waals surface area contributed by atoms with Gasteiger partial charge in [0.1, 0.15) is 5.82 Å². The normalized spacial score (nSPS) is 18.6. The van der Waals surface area contributed by atoms with Crippen LogP contribution in [0.25, 0.3) is 0 Å². The number of hydrogen-bond donors (Lipinski definition) is 3. The summed E-state index contributed by atoms with van der Waals surface area (Å²) in [5, 5.41) is 10.1. The zero-order valence-electron chi connectivity index (χ0n) is 17.1. The van der Waals surface area contributed by atoms with E-state index in [1.807, 2.05) is 32.1 Å². The molecule has 0 atom stereocenters. The lowest BCUT2D eigenvalue weighted by atomic mass is 9.91. The summed E-state index contributed by atoms with van der Waals surface area (Å²) in [6.45, 7) is 1.99. The Morgan fingerprint density at radius 2 is 1.67 bits per heavy atom. The summed E-state index contributed by atoms with van der Waals surface area (Å²) < 4.78 is 0. The first kappa shape index (κ1) is 22.7. The van der Waals surface area contributed by atoms with E-state index in [0.29, 0.717) is 26.7 Å². The van der Waals surface area contributed by atoms with Crippen LogP contribution in [0.5, 0.6) is 0 Å². The van der Waals surface area contributed by atoms with Crippen molar-refractivity contribution in [3.05, 3.63) is 39.0 Å². The van der Waals surface area contributed by atoms with Crippen LogP contribution in [-0.2, 0) is 0 Å². The highest BCUT2D eigenvalue weighted by Crippen LogP contribution is 2.33. The molecule has 1 aliphatic rings. The Bertz CT molecular complexity index is 892. The average molecular weight is 472 g/mol. The van der Waals surface area contributed by atoms with E-state index in [4.69, 9.17) is 34.8 Å². The van der Waals surface area contributed by atoms with Crippen molar-refractivity contribution in [2.24, 2.45) is 0 Å². The summed E-state index contributed by atoms with van der Waals surface area (Å²) >= 11 is 18.2. The Labute approximate surface area is 191 Å². The number of carbonyl (C=O) groups excluding carboxylic acids is 1. The van der Waals surface area contributed by atoms with Crippen LogP contribution in [-0.4, -0.2) is 42.2 Å². The number of rotatable bonds is 5. The molecule has 162 valence electrons. The van der Waals surface area contributed by atoms with Gasteiger partial charge in [-0.25, -0.2) is 9.78 Å². The van der Waals surface area contributed by atoms with Crippen molar-refractivity contribution in [3.63, 3.8) is 0 Å². The molecule has 1 aliphatic carbocycles. The lowest BCUT2D eigenvalue weighted by molar-refractivity contribution is 0.243. The van der Waals surface area contributed by atoms with Crippen LogP contribution in [0.4, 0.5) is 22.2 Å². The molecule has 1 fully saturated rings. The maximum Gasteiger partial charge on any atom is 0.319 e. The minimum Gasteiger partial charge on any atom is -0.362 e. The topological polar surface area (TPSA) is 82.2 Å². The summed E-state index contributed by atoms with van der Waals surface area (Å²) in [5.74, 6) is 1.53. The minimum atomic E-state index is -0.338. The van der Waals surface area contributed by atoms with E-state index in [-0.39, 0.29) is 18.1 Å². The molecular formula is C20H25Cl3N6O. The molecule has 2 amide bonds. The van der Waals surface area contributed by atoms with Gasteiger partial charge in [0.05, 0.1) is 15.7 Å². The van der Waals surface area contributed by atoms with E-state index >= 15 is 0 Å². The van der Waals surface area contributed by atoms with E-state index in [0.717, 1.165) is 37.1 Å². The largest absolute Gasteiger partial charge is 0.362 e. The Kier molecular flexibility index (Phi) is 7.50. The molecule has 0 radical (unpaired) electrons. The number of aromatic nitrogens is 2. The molecule has 7 nitrogen and oxygen atoms in total. The molecule has 0 aliphatic heterocycles. The highest BCUT2D eigenvalue weighted by molar-refractivity contribution is 6.42. The second-order valence-corrected chi connectivity index (χ2v) is 8.88. The number of nitrogens with zero attached hydrogens (tertiary/aromatic N) is 3. The maximum absolute atomic E-state index is 12.4. The molecule has 2 aromatic rings. The molecule has 0 bridgehead atoms. The molecule has 1 heterocycles. The van der Waals surface area contributed by atoms with Gasteiger partial charge in [-0.2, -0.15) is 4.98 Å². The summed E-state index contributed by atoms with van der Waals surface area (Å²) in [6, 6.07) is 3.08. The van der Waals surface area contributed by atoms with E-state index < -0.39 is 0 Å². The van der Waals surface area contributed by atoms with Crippen molar-refractivity contribution in [2.75, 3.05) is 29.6 Å². The molecular weight excluding hydrogens is 447 g/mol. The fourth-order valence-electron chi connectivity index (χ4n) is 3.52. The van der Waals surface area contributed by atoms with Gasteiger partial charge in [0.25, 0.3) is 0 Å². The molecule has 0 saturated heterocycles. The summed E-state index contributed by atoms with van der Waals surface area (Å²) in [4.78, 5) is 23.3. The van der Waals surface area contributed by atoms with Crippen molar-refractivity contribution >= 4 is 58.3 Å². The summed E-state index contributed by atoms with van der Waals surface area (Å²) in [6.07, 6.45) is 5.33. The number of urea groups is 1. The standard InChI is InChI=1S/C20H25Cl3N6O/c1-11-10-24-19(28-18(11)29(2)3)25-13-4-6-14(7-5-13)26-20(30)27-17-15(22)8-12(21)9-16(17)23/h8-10,13-14H,4-7H2,1-3H3,(H,24,25,28)(H2,26,27,30)/t13-,14+. The highest BCUT2D eigenvalue weighted by atomic mass is 35.5. The maximum atomic E-state index is 12.4. The van der Waals surface area contributed by atoms with Crippen LogP contribution in [0.3, 0.4) is 0 Å². The van der Waals surface area contributed by atoms with E-state index in [1.54, 1.807) is 0 Å². The van der Waals surface area contributed by atoms with Crippen molar-refractivity contribution in [3.8, 4) is 0 Å². The summed E-state index contributed by atoms with van der Waals surface area (Å²) in [7, 11) is 3.93. The lowest BCUT2D eigenvalue weighted by Gasteiger charge is -2.30. The molecule has 0 spiro atoms. The second-order valence-electron chi connectivity index (χ2n) is 7.63. The van der Waals surface area contributed by atoms with Crippen molar-refractivity contribution < 1.29 is 4.79 Å². The van der Waals surface area contributed by atoms with Gasteiger partial charge < -0.3 is 20.9 Å². The zero-order valence-corrected chi connectivity index (χ0v) is 19.4. The molecule has 3 N–H and O–H groups in total. The van der Waals surface area contributed by atoms with Gasteiger partial charge in [-0.05, 0) is 44.7 Å². The summed E-state index contributed by atoms with van der Waals surface area (Å²) in [5.41, 5.74) is 1.38. The smallest absolute Gasteiger partial charge is 0.319 e. The molecule has 1 aromatic heterocycles. The predicted octanol–water partition coefficient (Wildman–Crippen LogP) is 5.36. The molecule has 10 heteroatoms. The molecule has 3 rings (SSSR count). The molecule has 1 saturated carbocycles. The van der Waals surface area contributed by atoms with Gasteiger partial charge in [0, 0.05) is 43.0 Å². The Morgan fingerprint density at radius 3 is 2.27 bits per heavy atom. The minimum absolute atomic E-state index is 0.0733. The fourth-order valence-corrected chi connectivity index (χ4v) is 4.43. The van der Waals surface area contributed by atoms with Gasteiger partial charge in [0.15, 0.2) is 0 Å². The quantitative estimate of drug-likeness (QED) is 0.547. The number of hydrogen-bond acceptors (Lipinski definition) is 5. The third-order valence-corrected chi connectivity index (χ3v) is 5.82. The van der Waals surface area contributed by atoms with Crippen molar-refractivity contribution in [2.45, 2.75) is 44.7 Å². The van der Waals surface area contributed by atoms with Crippen molar-refractivity contribution in [1.29, 1.82) is 0 Å². The van der Waals surface area contributed by atoms with Gasteiger partial charge >= 0.3 is 6.03 Å². The number of halogens is 3.